The van der Waals surface area contributed by atoms with Gasteiger partial charge in [-0.15, -0.1) is 13.2 Å². The monoisotopic (exact) mass is 288 g/mol. The summed E-state index contributed by atoms with van der Waals surface area (Å²) < 4.78 is 45.2. The van der Waals surface area contributed by atoms with Gasteiger partial charge in [0.05, 0.1) is 6.61 Å². The molecule has 0 aromatic heterocycles. The fraction of sp³-hybridized carbons (Fsp3) is 0.571. The molecule has 1 aromatic carbocycles. The SMILES string of the molecule is FC(F)(F)Oc1ccc(OCCCC2CCC[N]2)cc1. The predicted octanol–water partition coefficient (Wildman–Crippen LogP) is 3.51. The Morgan fingerprint density at radius 3 is 2.45 bits per heavy atom. The highest BCUT2D eigenvalue weighted by molar-refractivity contribution is 5.31. The van der Waals surface area contributed by atoms with Crippen molar-refractivity contribution in [3.05, 3.63) is 24.3 Å². The Hall–Kier alpha value is -1.43. The molecule has 111 valence electrons. The molecule has 0 N–H and O–H groups in total. The van der Waals surface area contributed by atoms with Gasteiger partial charge in [-0.3, -0.25) is 0 Å². The van der Waals surface area contributed by atoms with Gasteiger partial charge >= 0.3 is 6.36 Å². The second-order valence-electron chi connectivity index (χ2n) is 4.71. The van der Waals surface area contributed by atoms with Crippen LogP contribution in [0, 0.1) is 0 Å². The Labute approximate surface area is 116 Å². The van der Waals surface area contributed by atoms with Crippen molar-refractivity contribution >= 4 is 0 Å². The smallest absolute Gasteiger partial charge is 0.494 e. The lowest BCUT2D eigenvalue weighted by Crippen LogP contribution is -2.17. The molecular weight excluding hydrogens is 271 g/mol. The van der Waals surface area contributed by atoms with Gasteiger partial charge in [-0.2, -0.15) is 0 Å². The van der Waals surface area contributed by atoms with E-state index in [4.69, 9.17) is 4.74 Å². The normalized spacial score (nSPS) is 19.1. The predicted molar refractivity (Wildman–Crippen MR) is 67.9 cm³/mol. The molecule has 0 aliphatic carbocycles. The van der Waals surface area contributed by atoms with E-state index >= 15 is 0 Å². The first-order chi connectivity index (χ1) is 9.53. The average molecular weight is 288 g/mol. The number of nitrogens with zero attached hydrogens (tertiary/aromatic N) is 1. The molecule has 1 fully saturated rings. The second kappa shape index (κ2) is 6.83. The van der Waals surface area contributed by atoms with Gasteiger partial charge < -0.3 is 9.47 Å². The van der Waals surface area contributed by atoms with Crippen LogP contribution in [0.25, 0.3) is 0 Å². The Kier molecular flexibility index (Phi) is 5.11. The summed E-state index contributed by atoms with van der Waals surface area (Å²) in [6, 6.07) is 5.90. The first kappa shape index (κ1) is 15.0. The van der Waals surface area contributed by atoms with E-state index in [1.165, 1.54) is 30.7 Å². The molecular formula is C14H17F3NO2. The molecule has 1 aliphatic heterocycles. The number of halogens is 3. The van der Waals surface area contributed by atoms with Crippen molar-refractivity contribution in [1.29, 1.82) is 0 Å². The topological polar surface area (TPSA) is 32.6 Å². The van der Waals surface area contributed by atoms with Crippen molar-refractivity contribution < 1.29 is 22.6 Å². The van der Waals surface area contributed by atoms with Gasteiger partial charge in [-0.1, -0.05) is 0 Å². The Morgan fingerprint density at radius 2 is 1.85 bits per heavy atom. The first-order valence-corrected chi connectivity index (χ1v) is 6.68. The molecule has 1 heterocycles. The molecule has 1 aromatic rings. The molecule has 3 nitrogen and oxygen atoms in total. The average Bonchev–Trinajstić information content (AvgIpc) is 2.88. The van der Waals surface area contributed by atoms with E-state index in [1.54, 1.807) is 0 Å². The Morgan fingerprint density at radius 1 is 1.15 bits per heavy atom. The van der Waals surface area contributed by atoms with E-state index in [9.17, 15) is 13.2 Å². The van der Waals surface area contributed by atoms with Gasteiger partial charge in [-0.25, -0.2) is 5.32 Å². The quantitative estimate of drug-likeness (QED) is 0.750. The van der Waals surface area contributed by atoms with Gasteiger partial charge in [0.15, 0.2) is 0 Å². The summed E-state index contributed by atoms with van der Waals surface area (Å²) in [6.45, 7) is 1.51. The van der Waals surface area contributed by atoms with Crippen molar-refractivity contribution in [3.63, 3.8) is 0 Å². The molecule has 20 heavy (non-hydrogen) atoms. The largest absolute Gasteiger partial charge is 0.573 e. The molecule has 1 unspecified atom stereocenters. The molecule has 1 saturated heterocycles. The fourth-order valence-electron chi connectivity index (χ4n) is 2.17. The van der Waals surface area contributed by atoms with E-state index in [1.807, 2.05) is 0 Å². The third kappa shape index (κ3) is 5.28. The highest BCUT2D eigenvalue weighted by Gasteiger charge is 2.30. The molecule has 6 heteroatoms. The molecule has 0 saturated carbocycles. The van der Waals surface area contributed by atoms with Crippen LogP contribution in [0.3, 0.4) is 0 Å². The van der Waals surface area contributed by atoms with Crippen molar-refractivity contribution in [1.82, 2.24) is 5.32 Å². The van der Waals surface area contributed by atoms with E-state index in [2.05, 4.69) is 10.1 Å². The van der Waals surface area contributed by atoms with Crippen molar-refractivity contribution in [3.8, 4) is 11.5 Å². The van der Waals surface area contributed by atoms with Crippen LogP contribution in [0.1, 0.15) is 25.7 Å². The van der Waals surface area contributed by atoms with Crippen LogP contribution in [0.5, 0.6) is 11.5 Å². The summed E-state index contributed by atoms with van der Waals surface area (Å²) >= 11 is 0. The molecule has 0 amide bonds. The summed E-state index contributed by atoms with van der Waals surface area (Å²) in [4.78, 5) is 0. The number of benzene rings is 1. The number of hydrogen-bond acceptors (Lipinski definition) is 2. The second-order valence-corrected chi connectivity index (χ2v) is 4.71. The van der Waals surface area contributed by atoms with Crippen LogP contribution in [0.4, 0.5) is 13.2 Å². The van der Waals surface area contributed by atoms with E-state index in [0.717, 1.165) is 25.8 Å². The van der Waals surface area contributed by atoms with Gasteiger partial charge in [0.2, 0.25) is 0 Å². The number of ether oxygens (including phenoxy) is 2. The molecule has 2 rings (SSSR count). The first-order valence-electron chi connectivity index (χ1n) is 6.68. The highest BCUT2D eigenvalue weighted by atomic mass is 19.4. The lowest BCUT2D eigenvalue weighted by molar-refractivity contribution is -0.274. The maximum absolute atomic E-state index is 12.0. The van der Waals surface area contributed by atoms with Crippen LogP contribution < -0.4 is 14.8 Å². The van der Waals surface area contributed by atoms with Crippen molar-refractivity contribution in [2.24, 2.45) is 0 Å². The summed E-state index contributed by atoms with van der Waals surface area (Å²) in [5.74, 6) is 0.303. The summed E-state index contributed by atoms with van der Waals surface area (Å²) in [7, 11) is 0. The van der Waals surface area contributed by atoms with Crippen molar-refractivity contribution in [2.45, 2.75) is 38.1 Å². The molecule has 0 spiro atoms. The van der Waals surface area contributed by atoms with E-state index in [-0.39, 0.29) is 5.75 Å². The third-order valence-electron chi connectivity index (χ3n) is 3.09. The minimum absolute atomic E-state index is 0.241. The van der Waals surface area contributed by atoms with Gasteiger partial charge in [0.1, 0.15) is 11.5 Å². The van der Waals surface area contributed by atoms with Gasteiger partial charge in [0.25, 0.3) is 0 Å². The van der Waals surface area contributed by atoms with Crippen LogP contribution >= 0.6 is 0 Å². The lowest BCUT2D eigenvalue weighted by atomic mass is 10.1. The van der Waals surface area contributed by atoms with Crippen LogP contribution in [0.2, 0.25) is 0 Å². The minimum Gasteiger partial charge on any atom is -0.494 e. The minimum atomic E-state index is -4.66. The number of alkyl halides is 3. The molecule has 1 aliphatic rings. The molecule has 1 radical (unpaired) electrons. The third-order valence-corrected chi connectivity index (χ3v) is 3.09. The summed E-state index contributed by atoms with van der Waals surface area (Å²) in [6.07, 6.45) is -0.424. The highest BCUT2D eigenvalue weighted by Crippen LogP contribution is 2.24. The zero-order valence-corrected chi connectivity index (χ0v) is 11.0. The van der Waals surface area contributed by atoms with Crippen LogP contribution in [-0.2, 0) is 0 Å². The maximum Gasteiger partial charge on any atom is 0.573 e. The zero-order valence-electron chi connectivity index (χ0n) is 11.0. The maximum atomic E-state index is 12.0. The Bertz CT molecular complexity index is 400. The van der Waals surface area contributed by atoms with Gasteiger partial charge in [0, 0.05) is 12.6 Å². The van der Waals surface area contributed by atoms with E-state index in [0.29, 0.717) is 18.4 Å². The standard InChI is InChI=1S/C14H17F3NO2/c15-14(16,17)20-13-7-5-12(6-8-13)19-10-2-4-11-3-1-9-18-11/h5-8,11H,1-4,9-10H2. The van der Waals surface area contributed by atoms with Gasteiger partial charge in [-0.05, 0) is 49.9 Å². The number of rotatable bonds is 6. The fourth-order valence-corrected chi connectivity index (χ4v) is 2.17. The lowest BCUT2D eigenvalue weighted by Gasteiger charge is -2.11. The Balaban J connectivity index is 1.68. The van der Waals surface area contributed by atoms with Crippen LogP contribution in [0.15, 0.2) is 24.3 Å². The summed E-state index contributed by atoms with van der Waals surface area (Å²) in [5.41, 5.74) is 0. The number of hydrogen-bond donors (Lipinski definition) is 0. The van der Waals surface area contributed by atoms with Crippen molar-refractivity contribution in [2.75, 3.05) is 13.2 Å². The zero-order chi connectivity index (χ0) is 14.4. The molecule has 0 bridgehead atoms. The summed E-state index contributed by atoms with van der Waals surface area (Å²) in [5, 5.41) is 4.45. The molecule has 1 atom stereocenters. The van der Waals surface area contributed by atoms with Crippen LogP contribution in [-0.4, -0.2) is 25.6 Å². The van der Waals surface area contributed by atoms with E-state index < -0.39 is 6.36 Å².